The molecule has 32 heavy (non-hydrogen) atoms. The van der Waals surface area contributed by atoms with Crippen molar-refractivity contribution in [3.63, 3.8) is 0 Å². The van der Waals surface area contributed by atoms with Crippen molar-refractivity contribution < 1.29 is 21.9 Å². The number of benzene rings is 1. The second-order valence-electron chi connectivity index (χ2n) is 7.47. The second-order valence-corrected chi connectivity index (χ2v) is 10.7. The van der Waals surface area contributed by atoms with E-state index in [9.17, 15) is 21.9 Å². The van der Waals surface area contributed by atoms with E-state index in [4.69, 9.17) is 16.6 Å². The number of tetrazole rings is 1. The molecule has 9 N–H and O–H groups in total. The van der Waals surface area contributed by atoms with Crippen LogP contribution in [0.25, 0.3) is 11.4 Å². The number of aromatic nitrogens is 4. The van der Waals surface area contributed by atoms with Crippen LogP contribution in [0.4, 0.5) is 5.69 Å². The van der Waals surface area contributed by atoms with Crippen LogP contribution in [0.2, 0.25) is 0 Å². The van der Waals surface area contributed by atoms with E-state index in [-0.39, 0.29) is 17.9 Å². The Bertz CT molecular complexity index is 1130. The van der Waals surface area contributed by atoms with Gasteiger partial charge in [-0.05, 0) is 42.7 Å². The molecule has 0 aliphatic carbocycles. The van der Waals surface area contributed by atoms with Crippen molar-refractivity contribution in [2.75, 3.05) is 37.6 Å². The molecule has 2 aromatic rings. The maximum Gasteiger partial charge on any atom is 0.242 e. The van der Waals surface area contributed by atoms with Gasteiger partial charge >= 0.3 is 0 Å². The maximum atomic E-state index is 12.9. The highest BCUT2D eigenvalue weighted by Crippen LogP contribution is 2.39. The number of piperidine rings is 1. The lowest BCUT2D eigenvalue weighted by Gasteiger charge is -2.34. The summed E-state index contributed by atoms with van der Waals surface area (Å²) in [5.41, 5.74) is 11.4. The summed E-state index contributed by atoms with van der Waals surface area (Å²) in [4.78, 5) is 0.658. The molecule has 1 aromatic carbocycles. The zero-order chi connectivity index (χ0) is 23.5. The van der Waals surface area contributed by atoms with Gasteiger partial charge in [0.15, 0.2) is 0 Å². The van der Waals surface area contributed by atoms with E-state index in [2.05, 4.69) is 25.3 Å². The molecule has 3 rings (SSSR count). The number of hydrogen-bond acceptors (Lipinski definition) is 11. The number of rotatable bonds is 9. The summed E-state index contributed by atoms with van der Waals surface area (Å²) in [6.07, 6.45) is 0.416. The quantitative estimate of drug-likeness (QED) is 0.212. The van der Waals surface area contributed by atoms with Gasteiger partial charge in [0.1, 0.15) is 9.79 Å². The van der Waals surface area contributed by atoms with E-state index in [0.717, 1.165) is 18.9 Å². The Kier molecular flexibility index (Phi) is 7.43. The molecule has 1 aliphatic heterocycles. The van der Waals surface area contributed by atoms with Crippen molar-refractivity contribution in [1.82, 2.24) is 25.3 Å². The highest BCUT2D eigenvalue weighted by Gasteiger charge is 2.34. The first-order chi connectivity index (χ1) is 15.1. The van der Waals surface area contributed by atoms with Crippen LogP contribution in [0, 0.1) is 5.92 Å². The standard InChI is InChI=1S/C16H27N9O5S2/c17-7-10-3-5-25(6-4-10)12-1-2-13(32(29,30)20-9-11(26)8-18)15(31(19,27)28)14(12)16-21-23-24-22-16/h1-2,10-11,20,26H,3-9,17-18H2,(H2,19,27,28)(H,21,22,23,24)/t11-/m0/s1. The molecule has 0 spiro atoms. The molecule has 1 atom stereocenters. The van der Waals surface area contributed by atoms with Gasteiger partial charge < -0.3 is 21.5 Å². The molecule has 0 unspecified atom stereocenters. The van der Waals surface area contributed by atoms with E-state index in [0.29, 0.717) is 31.2 Å². The van der Waals surface area contributed by atoms with E-state index >= 15 is 0 Å². The van der Waals surface area contributed by atoms with Gasteiger partial charge in [-0.3, -0.25) is 0 Å². The monoisotopic (exact) mass is 489 g/mol. The van der Waals surface area contributed by atoms with E-state index < -0.39 is 42.5 Å². The topological polar surface area (TPSA) is 236 Å². The molecule has 2 heterocycles. The highest BCUT2D eigenvalue weighted by atomic mass is 32.2. The van der Waals surface area contributed by atoms with E-state index in [1.165, 1.54) is 6.07 Å². The fourth-order valence-electron chi connectivity index (χ4n) is 3.57. The SMILES string of the molecule is NCC1CCN(c2ccc(S(=O)(=O)NC[C@@H](O)CN)c(S(N)(=O)=O)c2-c2nn[nH]n2)CC1. The lowest BCUT2D eigenvalue weighted by Crippen LogP contribution is -2.38. The molecule has 1 aliphatic rings. The number of anilines is 1. The number of sulfonamides is 2. The number of aromatic amines is 1. The van der Waals surface area contributed by atoms with Crippen molar-refractivity contribution in [3.8, 4) is 11.4 Å². The van der Waals surface area contributed by atoms with Gasteiger partial charge in [0.25, 0.3) is 0 Å². The third-order valence-corrected chi connectivity index (χ3v) is 7.90. The summed E-state index contributed by atoms with van der Waals surface area (Å²) in [6, 6.07) is 2.64. The van der Waals surface area contributed by atoms with Crippen LogP contribution >= 0.6 is 0 Å². The maximum absolute atomic E-state index is 12.9. The summed E-state index contributed by atoms with van der Waals surface area (Å²) >= 11 is 0. The van der Waals surface area contributed by atoms with Gasteiger partial charge in [0, 0.05) is 31.9 Å². The Morgan fingerprint density at radius 1 is 1.22 bits per heavy atom. The predicted octanol–water partition coefficient (Wildman–Crippen LogP) is -2.71. The Morgan fingerprint density at radius 2 is 1.91 bits per heavy atom. The molecule has 1 fully saturated rings. The summed E-state index contributed by atoms with van der Waals surface area (Å²) < 4.78 is 53.3. The zero-order valence-electron chi connectivity index (χ0n) is 17.2. The number of nitrogens with one attached hydrogen (secondary N) is 2. The molecule has 16 heteroatoms. The largest absolute Gasteiger partial charge is 0.390 e. The van der Waals surface area contributed by atoms with E-state index in [1.54, 1.807) is 0 Å². The number of primary sulfonamides is 1. The average Bonchev–Trinajstić information content (AvgIpc) is 3.30. The molecule has 0 radical (unpaired) electrons. The Labute approximate surface area is 185 Å². The van der Waals surface area contributed by atoms with Crippen LogP contribution in [0.5, 0.6) is 0 Å². The second kappa shape index (κ2) is 9.74. The number of hydrogen-bond donors (Lipinski definition) is 6. The molecule has 1 aromatic heterocycles. The van der Waals surface area contributed by atoms with Crippen molar-refractivity contribution in [2.24, 2.45) is 22.5 Å². The number of nitrogens with zero attached hydrogens (tertiary/aromatic N) is 4. The van der Waals surface area contributed by atoms with E-state index in [1.807, 2.05) is 4.90 Å². The Balaban J connectivity index is 2.18. The van der Waals surface area contributed by atoms with Crippen LogP contribution in [0.1, 0.15) is 12.8 Å². The number of nitrogens with two attached hydrogens (primary N) is 3. The minimum absolute atomic E-state index is 0.0744. The summed E-state index contributed by atoms with van der Waals surface area (Å²) in [5, 5.41) is 28.6. The normalized spacial score (nSPS) is 16.9. The third kappa shape index (κ3) is 5.22. The number of aliphatic hydroxyl groups is 1. The molecule has 178 valence electrons. The van der Waals surface area contributed by atoms with Crippen molar-refractivity contribution >= 4 is 25.7 Å². The minimum atomic E-state index is -4.57. The van der Waals surface area contributed by atoms with Crippen LogP contribution in [-0.2, 0) is 20.0 Å². The first-order valence-electron chi connectivity index (χ1n) is 9.85. The lowest BCUT2D eigenvalue weighted by atomic mass is 9.96. The van der Waals surface area contributed by atoms with Gasteiger partial charge in [0.05, 0.1) is 11.7 Å². The molecule has 1 saturated heterocycles. The molecule has 0 amide bonds. The number of aliphatic hydroxyl groups excluding tert-OH is 1. The van der Waals surface area contributed by atoms with Gasteiger partial charge in [-0.2, -0.15) is 5.21 Å². The summed E-state index contributed by atoms with van der Waals surface area (Å²) in [5.74, 6) is 0.222. The first kappa shape index (κ1) is 24.4. The highest BCUT2D eigenvalue weighted by molar-refractivity contribution is 7.92. The lowest BCUT2D eigenvalue weighted by molar-refractivity contribution is 0.186. The van der Waals surface area contributed by atoms with Gasteiger partial charge in [-0.1, -0.05) is 0 Å². The predicted molar refractivity (Wildman–Crippen MR) is 115 cm³/mol. The fourth-order valence-corrected chi connectivity index (χ4v) is 6.24. The third-order valence-electron chi connectivity index (χ3n) is 5.31. The smallest absolute Gasteiger partial charge is 0.242 e. The van der Waals surface area contributed by atoms with Crippen LogP contribution in [-0.4, -0.2) is 81.4 Å². The van der Waals surface area contributed by atoms with Crippen molar-refractivity contribution in [1.29, 1.82) is 0 Å². The summed E-state index contributed by atoms with van der Waals surface area (Å²) in [6.45, 7) is 1.10. The van der Waals surface area contributed by atoms with Crippen LogP contribution in [0.15, 0.2) is 21.9 Å². The molecule has 0 bridgehead atoms. The molecular formula is C16H27N9O5S2. The van der Waals surface area contributed by atoms with Crippen LogP contribution in [0.3, 0.4) is 0 Å². The van der Waals surface area contributed by atoms with Crippen molar-refractivity contribution in [3.05, 3.63) is 12.1 Å². The van der Waals surface area contributed by atoms with Crippen LogP contribution < -0.4 is 26.2 Å². The zero-order valence-corrected chi connectivity index (χ0v) is 18.8. The Hall–Kier alpha value is -2.21. The van der Waals surface area contributed by atoms with Gasteiger partial charge in [0.2, 0.25) is 25.9 Å². The van der Waals surface area contributed by atoms with Gasteiger partial charge in [-0.15, -0.1) is 10.2 Å². The Morgan fingerprint density at radius 3 is 2.44 bits per heavy atom. The minimum Gasteiger partial charge on any atom is -0.390 e. The average molecular weight is 490 g/mol. The molecule has 0 saturated carbocycles. The first-order valence-corrected chi connectivity index (χ1v) is 12.9. The van der Waals surface area contributed by atoms with Crippen molar-refractivity contribution in [2.45, 2.75) is 28.7 Å². The number of H-pyrrole nitrogens is 1. The molecular weight excluding hydrogens is 462 g/mol. The fraction of sp³-hybridized carbons (Fsp3) is 0.562. The molecule has 14 nitrogen and oxygen atoms in total. The van der Waals surface area contributed by atoms with Gasteiger partial charge in [-0.25, -0.2) is 26.7 Å². The summed E-state index contributed by atoms with van der Waals surface area (Å²) in [7, 11) is -8.97.